The number of aromatic nitrogens is 1. The van der Waals surface area contributed by atoms with E-state index in [1.54, 1.807) is 47.5 Å². The Bertz CT molecular complexity index is 1400. The molecule has 3 aromatic rings. The molecule has 5 rings (SSSR count). The van der Waals surface area contributed by atoms with Gasteiger partial charge in [0.25, 0.3) is 15.9 Å². The maximum Gasteiger partial charge on any atom is 0.258 e. The first-order valence-electron chi connectivity index (χ1n) is 9.90. The van der Waals surface area contributed by atoms with Crippen LogP contribution in [0, 0.1) is 11.6 Å². The van der Waals surface area contributed by atoms with Crippen LogP contribution in [0.15, 0.2) is 70.1 Å². The summed E-state index contributed by atoms with van der Waals surface area (Å²) in [6, 6.07) is 13.2. The van der Waals surface area contributed by atoms with E-state index in [1.807, 2.05) is 0 Å². The van der Waals surface area contributed by atoms with Gasteiger partial charge in [0.2, 0.25) is 0 Å². The summed E-state index contributed by atoms with van der Waals surface area (Å²) in [6.45, 7) is 0.255. The molecule has 3 heterocycles. The molecule has 7 nitrogen and oxygen atoms in total. The number of carbonyl (C=O) groups excluding carboxylic acids is 1. The molecule has 0 bridgehead atoms. The second kappa shape index (κ2) is 8.23. The molecule has 2 aliphatic rings. The first-order chi connectivity index (χ1) is 15.8. The molecule has 2 aliphatic heterocycles. The van der Waals surface area contributed by atoms with Gasteiger partial charge in [0.15, 0.2) is 5.17 Å². The fourth-order valence-corrected chi connectivity index (χ4v) is 5.94. The Labute approximate surface area is 192 Å². The Hall–Kier alpha value is -3.31. The van der Waals surface area contributed by atoms with Crippen LogP contribution in [0.25, 0.3) is 0 Å². The normalized spacial score (nSPS) is 16.1. The summed E-state index contributed by atoms with van der Waals surface area (Å²) in [7, 11) is -3.50. The van der Waals surface area contributed by atoms with Crippen LogP contribution in [0.2, 0.25) is 0 Å². The van der Waals surface area contributed by atoms with Crippen LogP contribution in [0.3, 0.4) is 0 Å². The maximum atomic E-state index is 14.6. The van der Waals surface area contributed by atoms with Gasteiger partial charge in [-0.25, -0.2) is 17.2 Å². The highest BCUT2D eigenvalue weighted by Gasteiger charge is 2.34. The van der Waals surface area contributed by atoms with E-state index in [-0.39, 0.29) is 30.1 Å². The maximum absolute atomic E-state index is 14.6. The smallest absolute Gasteiger partial charge is 0.258 e. The number of rotatable bonds is 4. The highest BCUT2D eigenvalue weighted by molar-refractivity contribution is 8.15. The van der Waals surface area contributed by atoms with Crippen molar-refractivity contribution in [2.75, 3.05) is 22.1 Å². The predicted molar refractivity (Wildman–Crippen MR) is 122 cm³/mol. The van der Waals surface area contributed by atoms with Crippen molar-refractivity contribution in [3.05, 3.63) is 83.7 Å². The number of halogens is 2. The quantitative estimate of drug-likeness (QED) is 0.558. The standard InChI is InChI=1S/C22H16F2N4O3S2/c23-15-5-7-18(17(24)12-15)28(13-16-3-1-2-8-25-16)21(29)14-4-6-19-20(11-14)32-22-26-33(30,31)10-9-27(19)22/h1-8,11-12H,9-10,13H2. The molecule has 2 aromatic carbocycles. The highest BCUT2D eigenvalue weighted by atomic mass is 32.2. The highest BCUT2D eigenvalue weighted by Crippen LogP contribution is 2.42. The van der Waals surface area contributed by atoms with Crippen molar-refractivity contribution in [2.45, 2.75) is 11.4 Å². The number of benzene rings is 2. The molecule has 0 aliphatic carbocycles. The van der Waals surface area contributed by atoms with Gasteiger partial charge in [-0.05, 0) is 54.2 Å². The minimum Gasteiger partial charge on any atom is -0.318 e. The molecule has 0 atom stereocenters. The zero-order chi connectivity index (χ0) is 23.2. The second-order valence-electron chi connectivity index (χ2n) is 7.40. The molecular formula is C22H16F2N4O3S2. The summed E-state index contributed by atoms with van der Waals surface area (Å²) >= 11 is 1.16. The number of anilines is 2. The number of hydrogen-bond acceptors (Lipinski definition) is 6. The van der Waals surface area contributed by atoms with E-state index in [0.717, 1.165) is 29.6 Å². The van der Waals surface area contributed by atoms with Crippen LogP contribution in [0.5, 0.6) is 0 Å². The largest absolute Gasteiger partial charge is 0.318 e. The summed E-state index contributed by atoms with van der Waals surface area (Å²) in [5.74, 6) is -2.21. The number of fused-ring (bicyclic) bond motifs is 3. The topological polar surface area (TPSA) is 82.9 Å². The second-order valence-corrected chi connectivity index (χ2v) is 10.2. The Morgan fingerprint density at radius 2 is 1.97 bits per heavy atom. The number of amides is 1. The zero-order valence-electron chi connectivity index (χ0n) is 17.0. The molecule has 0 fully saturated rings. The van der Waals surface area contributed by atoms with E-state index >= 15 is 0 Å². The summed E-state index contributed by atoms with van der Waals surface area (Å²) in [6.07, 6.45) is 1.57. The average Bonchev–Trinajstić information content (AvgIpc) is 3.13. The predicted octanol–water partition coefficient (Wildman–Crippen LogP) is 3.82. The van der Waals surface area contributed by atoms with Gasteiger partial charge in [-0.3, -0.25) is 14.7 Å². The van der Waals surface area contributed by atoms with Crippen LogP contribution < -0.4 is 9.80 Å². The molecule has 0 radical (unpaired) electrons. The van der Waals surface area contributed by atoms with Crippen molar-refractivity contribution in [3.63, 3.8) is 0 Å². The van der Waals surface area contributed by atoms with Crippen molar-refractivity contribution in [1.29, 1.82) is 0 Å². The van der Waals surface area contributed by atoms with Crippen molar-refractivity contribution >= 4 is 44.2 Å². The summed E-state index contributed by atoms with van der Waals surface area (Å²) < 4.78 is 55.6. The molecule has 0 saturated carbocycles. The summed E-state index contributed by atoms with van der Waals surface area (Å²) in [5.41, 5.74) is 1.48. The molecule has 168 valence electrons. The number of amidine groups is 1. The Kier molecular flexibility index (Phi) is 5.37. The minimum atomic E-state index is -3.50. The zero-order valence-corrected chi connectivity index (χ0v) is 18.6. The molecule has 1 amide bonds. The number of pyridine rings is 1. The fourth-order valence-electron chi connectivity index (χ4n) is 3.64. The molecule has 0 spiro atoms. The molecule has 0 N–H and O–H groups in total. The van der Waals surface area contributed by atoms with Gasteiger partial charge in [-0.2, -0.15) is 0 Å². The van der Waals surface area contributed by atoms with Crippen LogP contribution in [0.1, 0.15) is 16.1 Å². The fraction of sp³-hybridized carbons (Fsp3) is 0.136. The van der Waals surface area contributed by atoms with E-state index < -0.39 is 27.6 Å². The molecule has 0 saturated heterocycles. The van der Waals surface area contributed by atoms with Crippen molar-refractivity contribution in [3.8, 4) is 0 Å². The van der Waals surface area contributed by atoms with Gasteiger partial charge < -0.3 is 4.90 Å². The lowest BCUT2D eigenvalue weighted by Crippen LogP contribution is -2.35. The van der Waals surface area contributed by atoms with E-state index in [2.05, 4.69) is 9.38 Å². The lowest BCUT2D eigenvalue weighted by atomic mass is 10.1. The van der Waals surface area contributed by atoms with Gasteiger partial charge in [0.05, 0.1) is 29.4 Å². The first kappa shape index (κ1) is 21.5. The Morgan fingerprint density at radius 1 is 1.12 bits per heavy atom. The average molecular weight is 487 g/mol. The Morgan fingerprint density at radius 3 is 2.73 bits per heavy atom. The lowest BCUT2D eigenvalue weighted by molar-refractivity contribution is 0.0983. The molecule has 1 aromatic heterocycles. The number of sulfonamides is 1. The summed E-state index contributed by atoms with van der Waals surface area (Å²) in [4.78, 5) is 21.4. The molecule has 33 heavy (non-hydrogen) atoms. The van der Waals surface area contributed by atoms with Gasteiger partial charge in [-0.1, -0.05) is 6.07 Å². The van der Waals surface area contributed by atoms with Gasteiger partial charge in [-0.15, -0.1) is 4.40 Å². The molecule has 0 unspecified atom stereocenters. The number of carbonyl (C=O) groups is 1. The van der Waals surface area contributed by atoms with Crippen molar-refractivity contribution in [2.24, 2.45) is 4.40 Å². The van der Waals surface area contributed by atoms with Crippen LogP contribution in [-0.2, 0) is 16.6 Å². The Balaban J connectivity index is 1.52. The lowest BCUT2D eigenvalue weighted by Gasteiger charge is -2.24. The monoisotopic (exact) mass is 486 g/mol. The van der Waals surface area contributed by atoms with Crippen molar-refractivity contribution < 1.29 is 22.0 Å². The third kappa shape index (κ3) is 4.21. The number of thioether (sulfide) groups is 1. The number of hydrogen-bond donors (Lipinski definition) is 0. The molecular weight excluding hydrogens is 470 g/mol. The number of nitrogens with zero attached hydrogens (tertiary/aromatic N) is 4. The van der Waals surface area contributed by atoms with E-state index in [4.69, 9.17) is 0 Å². The van der Waals surface area contributed by atoms with Crippen molar-refractivity contribution in [1.82, 2.24) is 4.98 Å². The summed E-state index contributed by atoms with van der Waals surface area (Å²) in [5, 5.41) is 0.343. The van der Waals surface area contributed by atoms with Gasteiger partial charge in [0.1, 0.15) is 11.6 Å². The van der Waals surface area contributed by atoms with Gasteiger partial charge >= 0.3 is 0 Å². The first-order valence-corrected chi connectivity index (χ1v) is 12.3. The van der Waals surface area contributed by atoms with E-state index in [1.165, 1.54) is 11.0 Å². The SMILES string of the molecule is O=C(c1ccc2c(c1)SC1=NS(=O)(=O)CCN12)N(Cc1ccccn1)c1ccc(F)cc1F. The molecule has 11 heteroatoms. The van der Waals surface area contributed by atoms with E-state index in [0.29, 0.717) is 15.8 Å². The van der Waals surface area contributed by atoms with Crippen LogP contribution in [-0.4, -0.2) is 36.8 Å². The van der Waals surface area contributed by atoms with Gasteiger partial charge in [0, 0.05) is 29.3 Å². The third-order valence-corrected chi connectivity index (χ3v) is 7.52. The van der Waals surface area contributed by atoms with Crippen LogP contribution >= 0.6 is 11.8 Å². The third-order valence-electron chi connectivity index (χ3n) is 5.21. The minimum absolute atomic E-state index is 0.0243. The van der Waals surface area contributed by atoms with E-state index in [9.17, 15) is 22.0 Å². The van der Waals surface area contributed by atoms with Crippen LogP contribution in [0.4, 0.5) is 20.2 Å².